The molecule has 0 aromatic heterocycles. The molecule has 3 aromatic rings. The van der Waals surface area contributed by atoms with Crippen molar-refractivity contribution < 1.29 is 4.79 Å². The van der Waals surface area contributed by atoms with Crippen molar-refractivity contribution in [1.29, 1.82) is 0 Å². The van der Waals surface area contributed by atoms with Crippen LogP contribution in [0.25, 0.3) is 10.8 Å². The maximum atomic E-state index is 12.7. The summed E-state index contributed by atoms with van der Waals surface area (Å²) >= 11 is 0. The number of nitrogens with zero attached hydrogens (tertiary/aromatic N) is 1. The Labute approximate surface area is 156 Å². The minimum absolute atomic E-state index is 0.227. The van der Waals surface area contributed by atoms with Gasteiger partial charge in [-0.25, -0.2) is 0 Å². The van der Waals surface area contributed by atoms with Gasteiger partial charge in [0.2, 0.25) is 0 Å². The van der Waals surface area contributed by atoms with Gasteiger partial charge in [0, 0.05) is 25.1 Å². The molecule has 2 nitrogen and oxygen atoms in total. The number of fused-ring (bicyclic) bond motifs is 1. The van der Waals surface area contributed by atoms with E-state index in [0.29, 0.717) is 6.42 Å². The Morgan fingerprint density at radius 3 is 2.35 bits per heavy atom. The van der Waals surface area contributed by atoms with E-state index < -0.39 is 0 Å². The smallest absolute Gasteiger partial charge is 0.164 e. The van der Waals surface area contributed by atoms with Gasteiger partial charge >= 0.3 is 0 Å². The first kappa shape index (κ1) is 18.3. The maximum Gasteiger partial charge on any atom is 0.164 e. The molecule has 3 aromatic carbocycles. The summed E-state index contributed by atoms with van der Waals surface area (Å²) in [7, 11) is 0. The second kappa shape index (κ2) is 9.30. The van der Waals surface area contributed by atoms with Crippen LogP contribution in [0.5, 0.6) is 0 Å². The molecule has 0 heterocycles. The number of benzene rings is 3. The van der Waals surface area contributed by atoms with E-state index in [2.05, 4.69) is 48.2 Å². The number of hydrogen-bond donors (Lipinski definition) is 0. The van der Waals surface area contributed by atoms with Crippen LogP contribution in [-0.4, -0.2) is 23.8 Å². The van der Waals surface area contributed by atoms with E-state index in [0.717, 1.165) is 37.0 Å². The lowest BCUT2D eigenvalue weighted by Crippen LogP contribution is -2.27. The van der Waals surface area contributed by atoms with Gasteiger partial charge in [0.05, 0.1) is 0 Å². The van der Waals surface area contributed by atoms with Crippen LogP contribution in [0, 0.1) is 0 Å². The molecule has 0 radical (unpaired) electrons. The number of hydrogen-bond acceptors (Lipinski definition) is 2. The van der Waals surface area contributed by atoms with Gasteiger partial charge in [0.25, 0.3) is 0 Å². The molecule has 0 N–H and O–H groups in total. The standard InChI is InChI=1S/C24H27NO/c1-2-3-16-25(19-20-9-5-4-6-10-20)17-15-24(26)23-14-13-21-11-7-8-12-22(21)18-23/h4-14,18H,2-3,15-17,19H2,1H3. The number of unbranched alkanes of at least 4 members (excludes halogenated alkanes) is 1. The second-order valence-corrected chi connectivity index (χ2v) is 6.85. The lowest BCUT2D eigenvalue weighted by atomic mass is 10.0. The van der Waals surface area contributed by atoms with Crippen LogP contribution in [0.15, 0.2) is 72.8 Å². The molecule has 0 spiro atoms. The van der Waals surface area contributed by atoms with Gasteiger partial charge in [0.15, 0.2) is 5.78 Å². The fourth-order valence-corrected chi connectivity index (χ4v) is 3.26. The highest BCUT2D eigenvalue weighted by Crippen LogP contribution is 2.17. The normalized spacial score (nSPS) is 11.2. The van der Waals surface area contributed by atoms with Crippen molar-refractivity contribution in [2.75, 3.05) is 13.1 Å². The summed E-state index contributed by atoms with van der Waals surface area (Å²) in [5.41, 5.74) is 2.13. The molecule has 0 saturated carbocycles. The number of rotatable bonds is 9. The number of carbonyl (C=O) groups excluding carboxylic acids is 1. The van der Waals surface area contributed by atoms with Gasteiger partial charge in [-0.3, -0.25) is 9.69 Å². The average molecular weight is 345 g/mol. The fraction of sp³-hybridized carbons (Fsp3) is 0.292. The van der Waals surface area contributed by atoms with Crippen molar-refractivity contribution in [2.45, 2.75) is 32.7 Å². The highest BCUT2D eigenvalue weighted by molar-refractivity contribution is 6.00. The third-order valence-electron chi connectivity index (χ3n) is 4.80. The van der Waals surface area contributed by atoms with E-state index in [4.69, 9.17) is 0 Å². The first-order valence-corrected chi connectivity index (χ1v) is 9.54. The average Bonchev–Trinajstić information content (AvgIpc) is 2.70. The zero-order chi connectivity index (χ0) is 18.2. The zero-order valence-corrected chi connectivity index (χ0v) is 15.5. The number of ketones is 1. The molecule has 26 heavy (non-hydrogen) atoms. The molecule has 0 aliphatic rings. The predicted molar refractivity (Wildman–Crippen MR) is 110 cm³/mol. The Morgan fingerprint density at radius 2 is 1.58 bits per heavy atom. The minimum atomic E-state index is 0.227. The van der Waals surface area contributed by atoms with Crippen LogP contribution in [0.2, 0.25) is 0 Å². The molecule has 0 atom stereocenters. The summed E-state index contributed by atoms with van der Waals surface area (Å²) < 4.78 is 0. The van der Waals surface area contributed by atoms with Crippen LogP contribution in [0.4, 0.5) is 0 Å². The van der Waals surface area contributed by atoms with Crippen LogP contribution >= 0.6 is 0 Å². The Kier molecular flexibility index (Phi) is 6.56. The summed E-state index contributed by atoms with van der Waals surface area (Å²) in [5.74, 6) is 0.227. The number of carbonyl (C=O) groups is 1. The monoisotopic (exact) mass is 345 g/mol. The van der Waals surface area contributed by atoms with Crippen LogP contribution in [0.1, 0.15) is 42.1 Å². The Hall–Kier alpha value is -2.45. The van der Waals surface area contributed by atoms with E-state index in [9.17, 15) is 4.79 Å². The Balaban J connectivity index is 1.63. The topological polar surface area (TPSA) is 20.3 Å². The molecule has 0 unspecified atom stereocenters. The van der Waals surface area contributed by atoms with Crippen molar-refractivity contribution in [3.8, 4) is 0 Å². The summed E-state index contributed by atoms with van der Waals surface area (Å²) in [6.07, 6.45) is 2.90. The molecule has 134 valence electrons. The van der Waals surface area contributed by atoms with E-state index in [1.807, 2.05) is 36.4 Å². The minimum Gasteiger partial charge on any atom is -0.299 e. The molecule has 0 fully saturated rings. The van der Waals surface area contributed by atoms with Crippen LogP contribution < -0.4 is 0 Å². The highest BCUT2D eigenvalue weighted by atomic mass is 16.1. The molecule has 2 heteroatoms. The van der Waals surface area contributed by atoms with Crippen LogP contribution in [-0.2, 0) is 6.54 Å². The summed E-state index contributed by atoms with van der Waals surface area (Å²) in [5, 5.41) is 2.31. The van der Waals surface area contributed by atoms with Crippen molar-refractivity contribution in [3.05, 3.63) is 83.9 Å². The fourth-order valence-electron chi connectivity index (χ4n) is 3.26. The SMILES string of the molecule is CCCCN(CCC(=O)c1ccc2ccccc2c1)Cc1ccccc1. The second-order valence-electron chi connectivity index (χ2n) is 6.85. The first-order chi connectivity index (χ1) is 12.8. The summed E-state index contributed by atoms with van der Waals surface area (Å²) in [6.45, 7) is 4.96. The molecular formula is C24H27NO. The maximum absolute atomic E-state index is 12.7. The zero-order valence-electron chi connectivity index (χ0n) is 15.5. The Bertz CT molecular complexity index is 841. The molecule has 3 rings (SSSR count). The van der Waals surface area contributed by atoms with Gasteiger partial charge in [-0.05, 0) is 35.4 Å². The van der Waals surface area contributed by atoms with Crippen molar-refractivity contribution in [1.82, 2.24) is 4.90 Å². The van der Waals surface area contributed by atoms with Gasteiger partial charge in [-0.15, -0.1) is 0 Å². The highest BCUT2D eigenvalue weighted by Gasteiger charge is 2.11. The van der Waals surface area contributed by atoms with Gasteiger partial charge in [0.1, 0.15) is 0 Å². The third kappa shape index (κ3) is 5.03. The van der Waals surface area contributed by atoms with Crippen LogP contribution in [0.3, 0.4) is 0 Å². The number of Topliss-reactive ketones (excluding diaryl/α,β-unsaturated/α-hetero) is 1. The third-order valence-corrected chi connectivity index (χ3v) is 4.80. The van der Waals surface area contributed by atoms with Crippen molar-refractivity contribution in [3.63, 3.8) is 0 Å². The molecule has 0 aliphatic carbocycles. The van der Waals surface area contributed by atoms with Gasteiger partial charge < -0.3 is 0 Å². The first-order valence-electron chi connectivity index (χ1n) is 9.54. The molecule has 0 saturated heterocycles. The predicted octanol–water partition coefficient (Wildman–Crippen LogP) is 5.71. The quantitative estimate of drug-likeness (QED) is 0.463. The van der Waals surface area contributed by atoms with Crippen molar-refractivity contribution in [2.24, 2.45) is 0 Å². The molecule has 0 amide bonds. The van der Waals surface area contributed by atoms with E-state index >= 15 is 0 Å². The Morgan fingerprint density at radius 1 is 0.846 bits per heavy atom. The van der Waals surface area contributed by atoms with E-state index in [-0.39, 0.29) is 5.78 Å². The van der Waals surface area contributed by atoms with E-state index in [1.165, 1.54) is 17.4 Å². The largest absolute Gasteiger partial charge is 0.299 e. The molecule has 0 aliphatic heterocycles. The van der Waals surface area contributed by atoms with Gasteiger partial charge in [-0.2, -0.15) is 0 Å². The van der Waals surface area contributed by atoms with E-state index in [1.54, 1.807) is 0 Å². The molecular weight excluding hydrogens is 318 g/mol. The van der Waals surface area contributed by atoms with Crippen molar-refractivity contribution >= 4 is 16.6 Å². The van der Waals surface area contributed by atoms with Gasteiger partial charge in [-0.1, -0.05) is 80.1 Å². The summed E-state index contributed by atoms with van der Waals surface area (Å²) in [4.78, 5) is 15.1. The lowest BCUT2D eigenvalue weighted by molar-refractivity contribution is 0.0962. The molecule has 0 bridgehead atoms. The summed E-state index contributed by atoms with van der Waals surface area (Å²) in [6, 6.07) is 24.7. The lowest BCUT2D eigenvalue weighted by Gasteiger charge is -2.22.